The monoisotopic (exact) mass is 260 g/mol. The van der Waals surface area contributed by atoms with E-state index >= 15 is 0 Å². The predicted octanol–water partition coefficient (Wildman–Crippen LogP) is 0.204. The van der Waals surface area contributed by atoms with E-state index in [1.54, 1.807) is 0 Å². The first-order valence-corrected chi connectivity index (χ1v) is 4.42. The van der Waals surface area contributed by atoms with Crippen molar-refractivity contribution in [3.8, 4) is 0 Å². The van der Waals surface area contributed by atoms with E-state index in [9.17, 15) is 19.2 Å². The van der Waals surface area contributed by atoms with Gasteiger partial charge in [0.1, 0.15) is 0 Å². The van der Waals surface area contributed by atoms with Crippen molar-refractivity contribution in [2.24, 2.45) is 0 Å². The molecule has 100 valence electrons. The molecule has 0 rings (SSSR count). The zero-order valence-electron chi connectivity index (χ0n) is 9.36. The fourth-order valence-corrected chi connectivity index (χ4v) is 0.508. The van der Waals surface area contributed by atoms with Gasteiger partial charge < -0.3 is 20.4 Å². The molecule has 0 aromatic rings. The summed E-state index contributed by atoms with van der Waals surface area (Å²) in [6, 6.07) is 0. The van der Waals surface area contributed by atoms with E-state index in [1.807, 2.05) is 0 Å². The second-order valence-electron chi connectivity index (χ2n) is 2.81. The van der Waals surface area contributed by atoms with Gasteiger partial charge in [-0.05, 0) is 6.92 Å². The van der Waals surface area contributed by atoms with E-state index in [-0.39, 0.29) is 12.0 Å². The molecule has 0 fully saturated rings. The van der Waals surface area contributed by atoms with E-state index in [0.717, 1.165) is 12.2 Å². The minimum absolute atomic E-state index is 0.178. The van der Waals surface area contributed by atoms with Crippen molar-refractivity contribution in [1.29, 1.82) is 0 Å². The Morgan fingerprint density at radius 3 is 1.67 bits per heavy atom. The molecule has 18 heavy (non-hydrogen) atoms. The van der Waals surface area contributed by atoms with Crippen molar-refractivity contribution in [1.82, 2.24) is 0 Å². The van der Waals surface area contributed by atoms with Crippen LogP contribution >= 0.6 is 0 Å². The van der Waals surface area contributed by atoms with Crippen molar-refractivity contribution in [3.63, 3.8) is 0 Å². The molecule has 0 amide bonds. The molecule has 0 bridgehead atoms. The van der Waals surface area contributed by atoms with E-state index in [2.05, 4.69) is 0 Å². The molecule has 0 aromatic carbocycles. The van der Waals surface area contributed by atoms with Crippen molar-refractivity contribution < 1.29 is 39.6 Å². The highest BCUT2D eigenvalue weighted by Crippen LogP contribution is 1.89. The van der Waals surface area contributed by atoms with Crippen LogP contribution in [0.5, 0.6) is 0 Å². The molecule has 0 aliphatic rings. The van der Waals surface area contributed by atoms with Gasteiger partial charge in [0.2, 0.25) is 0 Å². The Hall–Kier alpha value is -2.64. The first kappa shape index (κ1) is 17.7. The lowest BCUT2D eigenvalue weighted by atomic mass is 10.3. The molecule has 0 unspecified atom stereocenters. The van der Waals surface area contributed by atoms with Gasteiger partial charge in [0.05, 0.1) is 6.42 Å². The predicted molar refractivity (Wildman–Crippen MR) is 58.1 cm³/mol. The van der Waals surface area contributed by atoms with Crippen LogP contribution in [0.2, 0.25) is 0 Å². The second-order valence-corrected chi connectivity index (χ2v) is 2.81. The summed E-state index contributed by atoms with van der Waals surface area (Å²) in [5, 5.41) is 32.0. The molecular formula is C10H12O8. The van der Waals surface area contributed by atoms with Crippen molar-refractivity contribution >= 4 is 23.9 Å². The zero-order valence-corrected chi connectivity index (χ0v) is 9.36. The molecule has 0 heterocycles. The van der Waals surface area contributed by atoms with Gasteiger partial charge in [-0.3, -0.25) is 4.79 Å². The van der Waals surface area contributed by atoms with Crippen LogP contribution in [-0.4, -0.2) is 44.3 Å². The number of hydrogen-bond acceptors (Lipinski definition) is 4. The van der Waals surface area contributed by atoms with Crippen LogP contribution in [0.1, 0.15) is 13.3 Å². The molecule has 8 nitrogen and oxygen atoms in total. The highest BCUT2D eigenvalue weighted by atomic mass is 16.4. The smallest absolute Gasteiger partial charge is 0.331 e. The van der Waals surface area contributed by atoms with Crippen LogP contribution in [0.15, 0.2) is 23.8 Å². The maximum Gasteiger partial charge on any atom is 0.331 e. The highest BCUT2D eigenvalue weighted by Gasteiger charge is 2.00. The molecule has 0 atom stereocenters. The van der Waals surface area contributed by atoms with E-state index < -0.39 is 23.9 Å². The van der Waals surface area contributed by atoms with E-state index in [4.69, 9.17) is 20.4 Å². The van der Waals surface area contributed by atoms with Gasteiger partial charge in [0, 0.05) is 17.7 Å². The van der Waals surface area contributed by atoms with Crippen LogP contribution in [-0.2, 0) is 19.2 Å². The van der Waals surface area contributed by atoms with Crippen LogP contribution in [0.3, 0.4) is 0 Å². The quantitative estimate of drug-likeness (QED) is 0.512. The van der Waals surface area contributed by atoms with Crippen LogP contribution in [0, 0.1) is 0 Å². The lowest BCUT2D eigenvalue weighted by Crippen LogP contribution is -1.99. The number of hydrogen-bond donors (Lipinski definition) is 4. The van der Waals surface area contributed by atoms with Crippen molar-refractivity contribution in [3.05, 3.63) is 23.8 Å². The van der Waals surface area contributed by atoms with Crippen LogP contribution in [0.4, 0.5) is 0 Å². The van der Waals surface area contributed by atoms with Crippen molar-refractivity contribution in [2.45, 2.75) is 13.3 Å². The lowest BCUT2D eigenvalue weighted by molar-refractivity contribution is -0.136. The average Bonchev–Trinajstić information content (AvgIpc) is 2.15. The Kier molecular flexibility index (Phi) is 9.44. The second kappa shape index (κ2) is 9.58. The number of carboxylic acids is 4. The van der Waals surface area contributed by atoms with Gasteiger partial charge >= 0.3 is 23.9 Å². The molecule has 0 radical (unpaired) electrons. The summed E-state index contributed by atoms with van der Waals surface area (Å²) in [5.41, 5.74) is -0.178. The summed E-state index contributed by atoms with van der Waals surface area (Å²) < 4.78 is 0. The normalized spacial score (nSPS) is 10.4. The Balaban J connectivity index is 0. The molecule has 0 aromatic heterocycles. The van der Waals surface area contributed by atoms with Crippen LogP contribution in [0.25, 0.3) is 0 Å². The van der Waals surface area contributed by atoms with Gasteiger partial charge in [-0.1, -0.05) is 6.08 Å². The fourth-order valence-electron chi connectivity index (χ4n) is 0.508. The van der Waals surface area contributed by atoms with Crippen molar-refractivity contribution in [2.75, 3.05) is 0 Å². The number of rotatable bonds is 5. The average molecular weight is 260 g/mol. The van der Waals surface area contributed by atoms with Crippen LogP contribution < -0.4 is 0 Å². The standard InChI is InChI=1S/2C5H6O4/c1-3(5(8)9)2-4(6)7;6-4(7)2-1-3-5(8)9/h2H,1H3,(H,6,7)(H,8,9);1-2H,3H2,(H,6,7)(H,8,9). The molecular weight excluding hydrogens is 248 g/mol. The number of aliphatic carboxylic acids is 4. The largest absolute Gasteiger partial charge is 0.481 e. The van der Waals surface area contributed by atoms with Gasteiger partial charge in [0.15, 0.2) is 0 Å². The molecule has 4 N–H and O–H groups in total. The third kappa shape index (κ3) is 15.8. The lowest BCUT2D eigenvalue weighted by Gasteiger charge is -1.86. The topological polar surface area (TPSA) is 149 Å². The molecule has 0 saturated heterocycles. The third-order valence-electron chi connectivity index (χ3n) is 1.23. The minimum atomic E-state index is -1.24. The molecule has 0 aliphatic heterocycles. The number of carboxylic acid groups (broad SMARTS) is 4. The minimum Gasteiger partial charge on any atom is -0.481 e. The fraction of sp³-hybridized carbons (Fsp3) is 0.200. The van der Waals surface area contributed by atoms with Gasteiger partial charge in [-0.15, -0.1) is 0 Å². The summed E-state index contributed by atoms with van der Waals surface area (Å²) in [6.45, 7) is 1.22. The SMILES string of the molecule is CC(=CC(=O)O)C(=O)O.O=C(O)C=CCC(=O)O. The maximum absolute atomic E-state index is 9.90. The molecule has 0 spiro atoms. The first-order valence-electron chi connectivity index (χ1n) is 4.42. The first-order chi connectivity index (χ1) is 8.16. The Morgan fingerprint density at radius 1 is 0.944 bits per heavy atom. The number of carbonyl (C=O) groups is 4. The Morgan fingerprint density at radius 2 is 1.44 bits per heavy atom. The molecule has 0 aliphatic carbocycles. The summed E-state index contributed by atoms with van der Waals surface area (Å²) >= 11 is 0. The van der Waals surface area contributed by atoms with Gasteiger partial charge in [-0.25, -0.2) is 14.4 Å². The highest BCUT2D eigenvalue weighted by molar-refractivity contribution is 5.94. The Bertz CT molecular complexity index is 391. The van der Waals surface area contributed by atoms with Gasteiger partial charge in [-0.2, -0.15) is 0 Å². The van der Waals surface area contributed by atoms with Gasteiger partial charge in [0.25, 0.3) is 0 Å². The molecule has 0 saturated carbocycles. The summed E-state index contributed by atoms with van der Waals surface area (Å²) in [6.07, 6.45) is 2.27. The van der Waals surface area contributed by atoms with E-state index in [0.29, 0.717) is 6.08 Å². The summed E-state index contributed by atoms with van der Waals surface area (Å²) in [4.78, 5) is 39.1. The summed E-state index contributed by atoms with van der Waals surface area (Å²) in [7, 11) is 0. The molecule has 8 heteroatoms. The summed E-state index contributed by atoms with van der Waals surface area (Å²) in [5.74, 6) is -4.61. The van der Waals surface area contributed by atoms with E-state index in [1.165, 1.54) is 6.92 Å². The third-order valence-corrected chi connectivity index (χ3v) is 1.23. The zero-order chi connectivity index (χ0) is 14.7. The Labute approximate surface area is 101 Å². The maximum atomic E-state index is 9.90.